The van der Waals surface area contributed by atoms with Gasteiger partial charge in [0.25, 0.3) is 5.91 Å². The van der Waals surface area contributed by atoms with Crippen molar-refractivity contribution in [1.29, 1.82) is 0 Å². The minimum Gasteiger partial charge on any atom is -0.493 e. The lowest BCUT2D eigenvalue weighted by Gasteiger charge is -2.16. The van der Waals surface area contributed by atoms with Gasteiger partial charge in [-0.1, -0.05) is 12.1 Å². The third-order valence-corrected chi connectivity index (χ3v) is 3.52. The van der Waals surface area contributed by atoms with E-state index in [9.17, 15) is 4.79 Å². The molecule has 21 heavy (non-hydrogen) atoms. The molecular formula is C13H15N3O5. The van der Waals surface area contributed by atoms with E-state index in [-0.39, 0.29) is 18.4 Å². The number of nitrogens with two attached hydrogens (primary N) is 1. The van der Waals surface area contributed by atoms with Crippen LogP contribution in [0, 0.1) is 5.92 Å². The van der Waals surface area contributed by atoms with Crippen LogP contribution in [0.3, 0.4) is 0 Å². The van der Waals surface area contributed by atoms with Crippen molar-refractivity contribution in [3.05, 3.63) is 17.7 Å². The highest BCUT2D eigenvalue weighted by Gasteiger charge is 2.37. The first kappa shape index (κ1) is 13.5. The molecule has 0 saturated carbocycles. The van der Waals surface area contributed by atoms with Gasteiger partial charge in [-0.25, -0.2) is 5.84 Å². The Kier molecular flexibility index (Phi) is 3.30. The van der Waals surface area contributed by atoms with Crippen LogP contribution >= 0.6 is 0 Å². The van der Waals surface area contributed by atoms with Crippen LogP contribution in [0.4, 0.5) is 0 Å². The Morgan fingerprint density at radius 1 is 1.48 bits per heavy atom. The first-order chi connectivity index (χ1) is 10.2. The molecule has 0 bridgehead atoms. The van der Waals surface area contributed by atoms with Crippen molar-refractivity contribution in [3.63, 3.8) is 0 Å². The molecule has 3 N–H and O–H groups in total. The minimum atomic E-state index is -0.460. The quantitative estimate of drug-likeness (QED) is 0.477. The Morgan fingerprint density at radius 2 is 2.29 bits per heavy atom. The second kappa shape index (κ2) is 5.13. The van der Waals surface area contributed by atoms with Crippen LogP contribution in [0.25, 0.3) is 0 Å². The monoisotopic (exact) mass is 293 g/mol. The van der Waals surface area contributed by atoms with Gasteiger partial charge in [-0.05, 0) is 12.1 Å². The largest absolute Gasteiger partial charge is 0.493 e. The number of hydrogen-bond acceptors (Lipinski definition) is 7. The molecular weight excluding hydrogens is 278 g/mol. The van der Waals surface area contributed by atoms with Crippen molar-refractivity contribution < 1.29 is 23.8 Å². The van der Waals surface area contributed by atoms with Gasteiger partial charge in [-0.15, -0.1) is 0 Å². The number of benzene rings is 1. The molecule has 112 valence electrons. The van der Waals surface area contributed by atoms with Crippen molar-refractivity contribution in [3.8, 4) is 17.2 Å². The summed E-state index contributed by atoms with van der Waals surface area (Å²) < 4.78 is 16.0. The van der Waals surface area contributed by atoms with E-state index in [1.165, 1.54) is 0 Å². The highest BCUT2D eigenvalue weighted by atomic mass is 16.7. The van der Waals surface area contributed by atoms with Gasteiger partial charge >= 0.3 is 0 Å². The molecule has 1 amide bonds. The van der Waals surface area contributed by atoms with E-state index in [1.54, 1.807) is 19.2 Å². The molecule has 8 heteroatoms. The number of hydrazine groups is 1. The van der Waals surface area contributed by atoms with Gasteiger partial charge in [0.15, 0.2) is 23.3 Å². The molecule has 0 aliphatic carbocycles. The van der Waals surface area contributed by atoms with E-state index in [0.717, 1.165) is 5.56 Å². The smallest absolute Gasteiger partial charge is 0.283 e. The van der Waals surface area contributed by atoms with E-state index >= 15 is 0 Å². The number of carbonyl (C=O) groups excluding carboxylic acids is 1. The Hall–Kier alpha value is -2.48. The van der Waals surface area contributed by atoms with E-state index in [0.29, 0.717) is 17.2 Å². The van der Waals surface area contributed by atoms with Gasteiger partial charge in [0.2, 0.25) is 12.5 Å². The molecule has 8 nitrogen and oxygen atoms in total. The molecule has 2 heterocycles. The summed E-state index contributed by atoms with van der Waals surface area (Å²) in [6.07, 6.45) is -0.416. The number of amides is 1. The van der Waals surface area contributed by atoms with Crippen LogP contribution in [0.15, 0.2) is 17.3 Å². The number of nitrogens with zero attached hydrogens (tertiary/aromatic N) is 1. The summed E-state index contributed by atoms with van der Waals surface area (Å²) in [5.74, 6) is 6.11. The Balaban J connectivity index is 1.91. The number of fused-ring (bicyclic) bond motifs is 1. The van der Waals surface area contributed by atoms with Crippen molar-refractivity contribution in [2.24, 2.45) is 16.9 Å². The average Bonchev–Trinajstić information content (AvgIpc) is 3.11. The van der Waals surface area contributed by atoms with E-state index in [2.05, 4.69) is 10.6 Å². The van der Waals surface area contributed by atoms with Gasteiger partial charge in [-0.3, -0.25) is 10.2 Å². The van der Waals surface area contributed by atoms with E-state index in [4.69, 9.17) is 24.9 Å². The van der Waals surface area contributed by atoms with E-state index < -0.39 is 12.0 Å². The fourth-order valence-corrected chi connectivity index (χ4v) is 2.42. The lowest BCUT2D eigenvalue weighted by atomic mass is 9.93. The maximum absolute atomic E-state index is 11.6. The fourth-order valence-electron chi connectivity index (χ4n) is 2.42. The fraction of sp³-hybridized carbons (Fsp3) is 0.385. The lowest BCUT2D eigenvalue weighted by Crippen LogP contribution is -2.38. The van der Waals surface area contributed by atoms with Crippen LogP contribution < -0.4 is 25.5 Å². The number of methoxy groups -OCH3 is 1. The topological polar surface area (TPSA) is 104 Å². The van der Waals surface area contributed by atoms with Crippen LogP contribution in [-0.2, 0) is 9.63 Å². The third-order valence-electron chi connectivity index (χ3n) is 3.52. The molecule has 0 unspecified atom stereocenters. The summed E-state index contributed by atoms with van der Waals surface area (Å²) in [5, 5.41) is 3.81. The maximum atomic E-state index is 11.6. The molecule has 0 saturated heterocycles. The molecule has 0 aromatic heterocycles. The first-order valence-corrected chi connectivity index (χ1v) is 6.38. The Labute approximate surface area is 120 Å². The van der Waals surface area contributed by atoms with Crippen LogP contribution in [0.1, 0.15) is 18.6 Å². The first-order valence-electron chi connectivity index (χ1n) is 6.38. The zero-order valence-corrected chi connectivity index (χ0v) is 11.6. The van der Waals surface area contributed by atoms with Gasteiger partial charge in [0.05, 0.1) is 13.0 Å². The SMILES string of the molecule is COc1cc([C@H]2ON=C(C(=O)NN)[C@H]2C)cc2c1OCO2. The van der Waals surface area contributed by atoms with Gasteiger partial charge in [0.1, 0.15) is 0 Å². The van der Waals surface area contributed by atoms with Crippen LogP contribution in [-0.4, -0.2) is 25.5 Å². The number of oxime groups is 1. The number of hydrogen-bond donors (Lipinski definition) is 2. The zero-order chi connectivity index (χ0) is 15.0. The summed E-state index contributed by atoms with van der Waals surface area (Å²) in [7, 11) is 1.55. The summed E-state index contributed by atoms with van der Waals surface area (Å²) in [6, 6.07) is 3.58. The Bertz CT molecular complexity index is 616. The number of rotatable bonds is 3. The second-order valence-corrected chi connectivity index (χ2v) is 4.72. The average molecular weight is 293 g/mol. The number of ether oxygens (including phenoxy) is 3. The zero-order valence-electron chi connectivity index (χ0n) is 11.6. The third kappa shape index (κ3) is 2.13. The number of carbonyl (C=O) groups is 1. The van der Waals surface area contributed by atoms with Crippen LogP contribution in [0.5, 0.6) is 17.2 Å². The van der Waals surface area contributed by atoms with Gasteiger partial charge < -0.3 is 19.0 Å². The minimum absolute atomic E-state index is 0.146. The summed E-state index contributed by atoms with van der Waals surface area (Å²) in [4.78, 5) is 17.0. The van der Waals surface area contributed by atoms with E-state index in [1.807, 2.05) is 6.92 Å². The molecule has 2 atom stereocenters. The van der Waals surface area contributed by atoms with Crippen molar-refractivity contribution in [2.75, 3.05) is 13.9 Å². The number of nitrogens with one attached hydrogen (secondary N) is 1. The maximum Gasteiger partial charge on any atom is 0.283 e. The predicted molar refractivity (Wildman–Crippen MR) is 71.9 cm³/mol. The summed E-state index contributed by atoms with van der Waals surface area (Å²) in [6.45, 7) is 1.98. The van der Waals surface area contributed by atoms with Crippen LogP contribution in [0.2, 0.25) is 0 Å². The summed E-state index contributed by atoms with van der Waals surface area (Å²) in [5.41, 5.74) is 3.09. The Morgan fingerprint density at radius 3 is 3.00 bits per heavy atom. The molecule has 0 spiro atoms. The standard InChI is InChI=1S/C13H15N3O5/c1-6-10(13(17)15-14)16-21-11(6)7-3-8(18-2)12-9(4-7)19-5-20-12/h3-4,6,11H,5,14H2,1-2H3,(H,15,17)/t6-,11+/m1/s1. The highest BCUT2D eigenvalue weighted by Crippen LogP contribution is 2.45. The normalized spacial score (nSPS) is 22.5. The van der Waals surface area contributed by atoms with Crippen molar-refractivity contribution in [2.45, 2.75) is 13.0 Å². The molecule has 3 rings (SSSR count). The van der Waals surface area contributed by atoms with Crippen molar-refractivity contribution in [1.82, 2.24) is 5.43 Å². The lowest BCUT2D eigenvalue weighted by molar-refractivity contribution is -0.115. The van der Waals surface area contributed by atoms with Gasteiger partial charge in [0, 0.05) is 5.56 Å². The van der Waals surface area contributed by atoms with Crippen molar-refractivity contribution >= 4 is 11.6 Å². The molecule has 1 aromatic rings. The second-order valence-electron chi connectivity index (χ2n) is 4.72. The molecule has 2 aliphatic heterocycles. The molecule has 0 radical (unpaired) electrons. The predicted octanol–water partition coefficient (Wildman–Crippen LogP) is 0.477. The summed E-state index contributed by atoms with van der Waals surface area (Å²) >= 11 is 0. The molecule has 1 aromatic carbocycles. The molecule has 2 aliphatic rings. The van der Waals surface area contributed by atoms with Gasteiger partial charge in [-0.2, -0.15) is 0 Å². The highest BCUT2D eigenvalue weighted by molar-refractivity contribution is 6.39. The molecule has 0 fully saturated rings.